The molecule has 0 bridgehead atoms. The van der Waals surface area contributed by atoms with Crippen LogP contribution >= 0.6 is 35.0 Å². The van der Waals surface area contributed by atoms with Gasteiger partial charge in [-0.25, -0.2) is 4.39 Å². The lowest BCUT2D eigenvalue weighted by atomic mass is 10.0. The van der Waals surface area contributed by atoms with Crippen molar-refractivity contribution in [3.05, 3.63) is 105 Å². The lowest BCUT2D eigenvalue weighted by molar-refractivity contribution is -0.139. The van der Waals surface area contributed by atoms with Gasteiger partial charge >= 0.3 is 0 Å². The first-order valence-corrected chi connectivity index (χ1v) is 12.6. The van der Waals surface area contributed by atoms with Crippen molar-refractivity contribution < 1.29 is 14.0 Å². The summed E-state index contributed by atoms with van der Waals surface area (Å²) in [6.07, 6.45) is 0.362. The van der Waals surface area contributed by atoms with E-state index in [0.717, 1.165) is 16.7 Å². The topological polar surface area (TPSA) is 49.4 Å². The molecule has 0 aromatic heterocycles. The molecule has 1 N–H and O–H groups in total. The number of likely N-dealkylation sites (N-methyl/N-ethyl adjacent to an activating group) is 1. The third kappa shape index (κ3) is 7.49. The first kappa shape index (κ1) is 26.1. The number of carbonyl (C=O) groups is 2. The van der Waals surface area contributed by atoms with Crippen molar-refractivity contribution in [1.29, 1.82) is 0 Å². The normalized spacial score (nSPS) is 11.6. The predicted molar refractivity (Wildman–Crippen MR) is 138 cm³/mol. The zero-order chi connectivity index (χ0) is 24.5. The highest BCUT2D eigenvalue weighted by Crippen LogP contribution is 2.25. The Hall–Kier alpha value is -2.54. The number of nitrogens with one attached hydrogen (secondary N) is 1. The van der Waals surface area contributed by atoms with E-state index in [2.05, 4.69) is 5.32 Å². The van der Waals surface area contributed by atoms with Crippen molar-refractivity contribution >= 4 is 46.8 Å². The van der Waals surface area contributed by atoms with Crippen molar-refractivity contribution in [3.63, 3.8) is 0 Å². The van der Waals surface area contributed by atoms with Gasteiger partial charge in [-0.1, -0.05) is 71.7 Å². The molecule has 3 rings (SSSR count). The van der Waals surface area contributed by atoms with E-state index in [1.165, 1.54) is 23.9 Å². The summed E-state index contributed by atoms with van der Waals surface area (Å²) in [5.41, 5.74) is 2.55. The molecule has 3 aromatic rings. The summed E-state index contributed by atoms with van der Waals surface area (Å²) in [6, 6.07) is 20.0. The van der Waals surface area contributed by atoms with E-state index in [-0.39, 0.29) is 29.9 Å². The molecule has 0 aliphatic rings. The Morgan fingerprint density at radius 3 is 2.35 bits per heavy atom. The molecule has 0 spiro atoms. The van der Waals surface area contributed by atoms with Gasteiger partial charge in [-0.05, 0) is 41.0 Å². The molecule has 0 fully saturated rings. The van der Waals surface area contributed by atoms with Crippen LogP contribution in [0.1, 0.15) is 16.7 Å². The van der Waals surface area contributed by atoms with Gasteiger partial charge in [-0.2, -0.15) is 0 Å². The fourth-order valence-corrected chi connectivity index (χ4v) is 4.95. The molecule has 0 radical (unpaired) electrons. The zero-order valence-electron chi connectivity index (χ0n) is 18.6. The Morgan fingerprint density at radius 1 is 1.00 bits per heavy atom. The Balaban J connectivity index is 1.80. The van der Waals surface area contributed by atoms with Gasteiger partial charge in [0.1, 0.15) is 11.9 Å². The molecule has 1 unspecified atom stereocenters. The van der Waals surface area contributed by atoms with Crippen molar-refractivity contribution in [3.8, 4) is 0 Å². The second kappa shape index (κ2) is 12.8. The van der Waals surface area contributed by atoms with Gasteiger partial charge in [0, 0.05) is 35.8 Å². The number of rotatable bonds is 10. The molecule has 0 heterocycles. The minimum atomic E-state index is -0.718. The van der Waals surface area contributed by atoms with Crippen LogP contribution in [0, 0.1) is 5.82 Å². The number of hydrogen-bond acceptors (Lipinski definition) is 3. The standard InChI is InChI=1S/C26H25Cl2FN2O2S/c1-30-26(33)24(13-18-5-3-2-4-6-18)31(15-19-7-11-22(29)12-8-19)25(32)17-34-16-20-9-10-21(27)14-23(20)28/h2-12,14,24H,13,15-17H2,1H3,(H,30,33). The van der Waals surface area contributed by atoms with Crippen molar-refractivity contribution in [2.45, 2.75) is 24.8 Å². The first-order chi connectivity index (χ1) is 16.4. The number of carbonyl (C=O) groups excluding carboxylic acids is 2. The minimum Gasteiger partial charge on any atom is -0.357 e. The summed E-state index contributed by atoms with van der Waals surface area (Å²) in [5, 5.41) is 3.78. The lowest BCUT2D eigenvalue weighted by Gasteiger charge is -2.31. The molecule has 4 nitrogen and oxygen atoms in total. The summed E-state index contributed by atoms with van der Waals surface area (Å²) >= 11 is 13.6. The van der Waals surface area contributed by atoms with Crippen molar-refractivity contribution in [2.75, 3.05) is 12.8 Å². The maximum Gasteiger partial charge on any atom is 0.242 e. The molecule has 2 amide bonds. The number of nitrogens with zero attached hydrogens (tertiary/aromatic N) is 1. The third-order valence-corrected chi connectivity index (χ3v) is 6.84. The van der Waals surface area contributed by atoms with Crippen LogP contribution in [0.2, 0.25) is 10.0 Å². The highest BCUT2D eigenvalue weighted by atomic mass is 35.5. The van der Waals surface area contributed by atoms with Crippen LogP contribution in [0.4, 0.5) is 4.39 Å². The van der Waals surface area contributed by atoms with Crippen LogP contribution in [0.3, 0.4) is 0 Å². The van der Waals surface area contributed by atoms with E-state index >= 15 is 0 Å². The summed E-state index contributed by atoms with van der Waals surface area (Å²) in [7, 11) is 1.55. The van der Waals surface area contributed by atoms with Gasteiger partial charge in [0.25, 0.3) is 0 Å². The molecular formula is C26H25Cl2FN2O2S. The van der Waals surface area contributed by atoms with E-state index in [1.54, 1.807) is 36.2 Å². The third-order valence-electron chi connectivity index (χ3n) is 5.28. The van der Waals surface area contributed by atoms with Gasteiger partial charge in [-0.3, -0.25) is 9.59 Å². The van der Waals surface area contributed by atoms with Gasteiger partial charge in [-0.15, -0.1) is 11.8 Å². The van der Waals surface area contributed by atoms with Gasteiger partial charge in [0.05, 0.1) is 5.75 Å². The van der Waals surface area contributed by atoms with Crippen LogP contribution < -0.4 is 5.32 Å². The average Bonchev–Trinajstić information content (AvgIpc) is 2.84. The van der Waals surface area contributed by atoms with Gasteiger partial charge in [0.2, 0.25) is 11.8 Å². The number of halogens is 3. The second-order valence-electron chi connectivity index (χ2n) is 7.70. The Kier molecular flexibility index (Phi) is 9.81. The monoisotopic (exact) mass is 518 g/mol. The van der Waals surface area contributed by atoms with E-state index < -0.39 is 6.04 Å². The number of thioether (sulfide) groups is 1. The molecule has 1 atom stereocenters. The van der Waals surface area contributed by atoms with Crippen LogP contribution in [-0.4, -0.2) is 35.6 Å². The first-order valence-electron chi connectivity index (χ1n) is 10.7. The summed E-state index contributed by atoms with van der Waals surface area (Å²) in [5.74, 6) is -0.129. The van der Waals surface area contributed by atoms with Crippen LogP contribution in [-0.2, 0) is 28.3 Å². The van der Waals surface area contributed by atoms with Crippen molar-refractivity contribution in [2.24, 2.45) is 0 Å². The Bertz CT molecular complexity index is 1110. The number of hydrogen-bond donors (Lipinski definition) is 1. The predicted octanol–water partition coefficient (Wildman–Crippen LogP) is 5.75. The fraction of sp³-hybridized carbons (Fsp3) is 0.231. The molecular weight excluding hydrogens is 494 g/mol. The maximum atomic E-state index is 13.4. The summed E-state index contributed by atoms with van der Waals surface area (Å²) < 4.78 is 13.4. The van der Waals surface area contributed by atoms with Gasteiger partial charge in [0.15, 0.2) is 0 Å². The Morgan fingerprint density at radius 2 is 1.71 bits per heavy atom. The quantitative estimate of drug-likeness (QED) is 0.371. The number of amides is 2. The molecule has 0 saturated carbocycles. The lowest BCUT2D eigenvalue weighted by Crippen LogP contribution is -2.50. The number of benzene rings is 3. The van der Waals surface area contributed by atoms with E-state index in [1.807, 2.05) is 36.4 Å². The van der Waals surface area contributed by atoms with E-state index in [9.17, 15) is 14.0 Å². The largest absolute Gasteiger partial charge is 0.357 e. The van der Waals surface area contributed by atoms with Gasteiger partial charge < -0.3 is 10.2 Å². The second-order valence-corrected chi connectivity index (χ2v) is 9.53. The maximum absolute atomic E-state index is 13.4. The zero-order valence-corrected chi connectivity index (χ0v) is 21.0. The minimum absolute atomic E-state index is 0.155. The SMILES string of the molecule is CNC(=O)C(Cc1ccccc1)N(Cc1ccc(F)cc1)C(=O)CSCc1ccc(Cl)cc1Cl. The molecule has 8 heteroatoms. The van der Waals surface area contributed by atoms with Crippen LogP contribution in [0.5, 0.6) is 0 Å². The van der Waals surface area contributed by atoms with Crippen LogP contribution in [0.25, 0.3) is 0 Å². The molecule has 0 aliphatic carbocycles. The average molecular weight is 519 g/mol. The highest BCUT2D eigenvalue weighted by molar-refractivity contribution is 7.99. The molecule has 3 aromatic carbocycles. The summed E-state index contributed by atoms with van der Waals surface area (Å²) in [4.78, 5) is 27.8. The Labute approximate surface area is 213 Å². The van der Waals surface area contributed by atoms with Crippen molar-refractivity contribution in [1.82, 2.24) is 10.2 Å². The highest BCUT2D eigenvalue weighted by Gasteiger charge is 2.29. The van der Waals surface area contributed by atoms with Crippen LogP contribution in [0.15, 0.2) is 72.8 Å². The van der Waals surface area contributed by atoms with E-state index in [0.29, 0.717) is 22.2 Å². The fourth-order valence-electron chi connectivity index (χ4n) is 3.48. The molecule has 178 valence electrons. The molecule has 34 heavy (non-hydrogen) atoms. The summed E-state index contributed by atoms with van der Waals surface area (Å²) in [6.45, 7) is 0.187. The smallest absolute Gasteiger partial charge is 0.242 e. The molecule has 0 aliphatic heterocycles. The van der Waals surface area contributed by atoms with E-state index in [4.69, 9.17) is 23.2 Å². The molecule has 0 saturated heterocycles.